The first-order chi connectivity index (χ1) is 6.31. The summed E-state index contributed by atoms with van der Waals surface area (Å²) in [5.74, 6) is 6.81. The first-order valence-electron chi connectivity index (χ1n) is 4.97. The van der Waals surface area contributed by atoms with Crippen LogP contribution in [0.2, 0.25) is 0 Å². The van der Waals surface area contributed by atoms with E-state index >= 15 is 0 Å². The van der Waals surface area contributed by atoms with Gasteiger partial charge in [-0.3, -0.25) is 4.99 Å². The van der Waals surface area contributed by atoms with Gasteiger partial charge in [0.15, 0.2) is 0 Å². The van der Waals surface area contributed by atoms with Gasteiger partial charge in [-0.05, 0) is 25.2 Å². The number of hydrogen-bond donors (Lipinski definition) is 2. The monoisotopic (exact) mass is 183 g/mol. The number of aliphatic imine (C=N–C) groups is 1. The maximum absolute atomic E-state index is 5.57. The zero-order valence-electron chi connectivity index (χ0n) is 7.99. The van der Waals surface area contributed by atoms with E-state index in [2.05, 4.69) is 17.3 Å². The Hall–Kier alpha value is -0.610. The average molecular weight is 183 g/mol. The molecule has 4 nitrogen and oxygen atoms in total. The Balaban J connectivity index is 2.01. The third-order valence-corrected chi connectivity index (χ3v) is 2.67. The first-order valence-corrected chi connectivity index (χ1v) is 4.97. The Morgan fingerprint density at radius 1 is 1.46 bits per heavy atom. The highest BCUT2D eigenvalue weighted by atomic mass is 16.5. The molecule has 0 aromatic carbocycles. The molecule has 1 saturated heterocycles. The maximum atomic E-state index is 5.57. The van der Waals surface area contributed by atoms with E-state index in [1.807, 2.05) is 0 Å². The zero-order valence-corrected chi connectivity index (χ0v) is 7.99. The van der Waals surface area contributed by atoms with Crippen LogP contribution in [0.15, 0.2) is 4.99 Å². The second-order valence-electron chi connectivity index (χ2n) is 3.95. The molecule has 4 heteroatoms. The minimum atomic E-state index is 0.102. The van der Waals surface area contributed by atoms with Gasteiger partial charge in [0.25, 0.3) is 0 Å². The van der Waals surface area contributed by atoms with Gasteiger partial charge >= 0.3 is 0 Å². The lowest BCUT2D eigenvalue weighted by atomic mass is 10.0. The van der Waals surface area contributed by atoms with Gasteiger partial charge in [-0.25, -0.2) is 5.84 Å². The van der Waals surface area contributed by atoms with Gasteiger partial charge in [0.1, 0.15) is 11.9 Å². The van der Waals surface area contributed by atoms with Crippen molar-refractivity contribution in [2.24, 2.45) is 16.8 Å². The minimum absolute atomic E-state index is 0.102. The highest BCUT2D eigenvalue weighted by Crippen LogP contribution is 2.26. The van der Waals surface area contributed by atoms with Crippen molar-refractivity contribution in [3.05, 3.63) is 0 Å². The molecule has 2 unspecified atom stereocenters. The predicted molar refractivity (Wildman–Crippen MR) is 51.3 cm³/mol. The summed E-state index contributed by atoms with van der Waals surface area (Å²) in [5.41, 5.74) is 2.67. The topological polar surface area (TPSA) is 59.6 Å². The fourth-order valence-electron chi connectivity index (χ4n) is 1.64. The van der Waals surface area contributed by atoms with E-state index in [-0.39, 0.29) is 6.10 Å². The summed E-state index contributed by atoms with van der Waals surface area (Å²) in [6.07, 6.45) is 3.61. The van der Waals surface area contributed by atoms with Crippen LogP contribution in [0.1, 0.15) is 26.2 Å². The molecule has 74 valence electrons. The van der Waals surface area contributed by atoms with Crippen LogP contribution in [0.5, 0.6) is 0 Å². The van der Waals surface area contributed by atoms with Crippen LogP contribution < -0.4 is 11.3 Å². The highest BCUT2D eigenvalue weighted by molar-refractivity contribution is 5.86. The van der Waals surface area contributed by atoms with Crippen molar-refractivity contribution in [2.75, 3.05) is 6.61 Å². The second-order valence-corrected chi connectivity index (χ2v) is 3.95. The summed E-state index contributed by atoms with van der Waals surface area (Å²) < 4.78 is 5.57. The third kappa shape index (κ3) is 2.00. The largest absolute Gasteiger partial charge is 0.370 e. The van der Waals surface area contributed by atoms with Crippen molar-refractivity contribution in [1.82, 2.24) is 5.43 Å². The van der Waals surface area contributed by atoms with Crippen LogP contribution in [-0.4, -0.2) is 24.6 Å². The Morgan fingerprint density at radius 2 is 2.23 bits per heavy atom. The van der Waals surface area contributed by atoms with Crippen LogP contribution in [-0.2, 0) is 4.74 Å². The summed E-state index contributed by atoms with van der Waals surface area (Å²) >= 11 is 0. The van der Waals surface area contributed by atoms with E-state index in [9.17, 15) is 0 Å². The SMILES string of the molecule is CC1CCOC1C(=NC1CC1)NN. The Labute approximate surface area is 78.5 Å². The number of hydrogen-bond acceptors (Lipinski definition) is 3. The fraction of sp³-hybridized carbons (Fsp3) is 0.889. The van der Waals surface area contributed by atoms with E-state index < -0.39 is 0 Å². The summed E-state index contributed by atoms with van der Waals surface area (Å²) in [5, 5.41) is 0. The van der Waals surface area contributed by atoms with Crippen LogP contribution in [0.25, 0.3) is 0 Å². The molecule has 1 heterocycles. The van der Waals surface area contributed by atoms with E-state index in [1.54, 1.807) is 0 Å². The number of rotatable bonds is 2. The average Bonchev–Trinajstić information content (AvgIpc) is 2.85. The summed E-state index contributed by atoms with van der Waals surface area (Å²) in [4.78, 5) is 4.49. The van der Waals surface area contributed by atoms with Crippen molar-refractivity contribution < 1.29 is 4.74 Å². The molecule has 0 amide bonds. The van der Waals surface area contributed by atoms with Gasteiger partial charge in [-0.15, -0.1) is 0 Å². The Bertz CT molecular complexity index is 213. The lowest BCUT2D eigenvalue weighted by Crippen LogP contribution is -2.41. The molecule has 2 atom stereocenters. The van der Waals surface area contributed by atoms with Crippen molar-refractivity contribution in [3.63, 3.8) is 0 Å². The molecule has 0 radical (unpaired) electrons. The normalized spacial score (nSPS) is 35.1. The maximum Gasteiger partial charge on any atom is 0.141 e. The molecule has 3 N–H and O–H groups in total. The standard InChI is InChI=1S/C9H17N3O/c1-6-4-5-13-8(6)9(12-10)11-7-2-3-7/h6-8H,2-5,10H2,1H3,(H,11,12). The molecule has 1 aliphatic carbocycles. The van der Waals surface area contributed by atoms with Crippen LogP contribution >= 0.6 is 0 Å². The molecule has 0 aromatic heterocycles. The Morgan fingerprint density at radius 3 is 2.69 bits per heavy atom. The number of amidine groups is 1. The van der Waals surface area contributed by atoms with E-state index in [4.69, 9.17) is 10.6 Å². The lowest BCUT2D eigenvalue weighted by Gasteiger charge is -2.16. The molecular weight excluding hydrogens is 166 g/mol. The predicted octanol–water partition coefficient (Wildman–Crippen LogP) is 0.436. The van der Waals surface area contributed by atoms with Gasteiger partial charge < -0.3 is 10.2 Å². The van der Waals surface area contributed by atoms with Crippen molar-refractivity contribution in [2.45, 2.75) is 38.3 Å². The number of nitrogens with one attached hydrogen (secondary N) is 1. The zero-order chi connectivity index (χ0) is 9.26. The van der Waals surface area contributed by atoms with Crippen molar-refractivity contribution >= 4 is 5.84 Å². The lowest BCUT2D eigenvalue weighted by molar-refractivity contribution is 0.142. The van der Waals surface area contributed by atoms with E-state index in [1.165, 1.54) is 12.8 Å². The van der Waals surface area contributed by atoms with Crippen LogP contribution in [0.4, 0.5) is 0 Å². The van der Waals surface area contributed by atoms with Crippen LogP contribution in [0.3, 0.4) is 0 Å². The van der Waals surface area contributed by atoms with E-state index in [0.717, 1.165) is 18.9 Å². The molecule has 2 aliphatic rings. The summed E-state index contributed by atoms with van der Waals surface area (Å²) in [6, 6.07) is 0.502. The smallest absolute Gasteiger partial charge is 0.141 e. The fourth-order valence-corrected chi connectivity index (χ4v) is 1.64. The molecule has 0 spiro atoms. The molecule has 13 heavy (non-hydrogen) atoms. The Kier molecular flexibility index (Phi) is 2.51. The van der Waals surface area contributed by atoms with E-state index in [0.29, 0.717) is 12.0 Å². The van der Waals surface area contributed by atoms with Gasteiger partial charge in [0.2, 0.25) is 0 Å². The molecule has 1 aliphatic heterocycles. The molecule has 2 rings (SSSR count). The molecule has 0 aromatic rings. The molecule has 0 bridgehead atoms. The molecule has 1 saturated carbocycles. The van der Waals surface area contributed by atoms with Crippen molar-refractivity contribution in [1.29, 1.82) is 0 Å². The summed E-state index contributed by atoms with van der Waals surface area (Å²) in [6.45, 7) is 3.01. The van der Waals surface area contributed by atoms with Gasteiger partial charge in [0.05, 0.1) is 6.04 Å². The molecular formula is C9H17N3O. The first kappa shape index (κ1) is 8.97. The van der Waals surface area contributed by atoms with Crippen LogP contribution in [0, 0.1) is 5.92 Å². The number of hydrazine groups is 1. The number of ether oxygens (including phenoxy) is 1. The van der Waals surface area contributed by atoms with Crippen molar-refractivity contribution in [3.8, 4) is 0 Å². The number of nitrogens with two attached hydrogens (primary N) is 1. The molecule has 2 fully saturated rings. The minimum Gasteiger partial charge on any atom is -0.370 e. The quantitative estimate of drug-likeness (QED) is 0.282. The number of nitrogens with zero attached hydrogens (tertiary/aromatic N) is 1. The third-order valence-electron chi connectivity index (χ3n) is 2.67. The van der Waals surface area contributed by atoms with Gasteiger partial charge in [-0.2, -0.15) is 0 Å². The second kappa shape index (κ2) is 3.64. The summed E-state index contributed by atoms with van der Waals surface area (Å²) in [7, 11) is 0. The van der Waals surface area contributed by atoms with Gasteiger partial charge in [0, 0.05) is 6.61 Å². The highest BCUT2D eigenvalue weighted by Gasteiger charge is 2.31. The van der Waals surface area contributed by atoms with Gasteiger partial charge in [-0.1, -0.05) is 6.92 Å².